The van der Waals surface area contributed by atoms with Gasteiger partial charge in [-0.2, -0.15) is 0 Å². The van der Waals surface area contributed by atoms with E-state index < -0.39 is 0 Å². The first-order chi connectivity index (χ1) is 10.4. The highest BCUT2D eigenvalue weighted by atomic mass is 16.2. The number of piperazine rings is 1. The quantitative estimate of drug-likeness (QED) is 0.576. The van der Waals surface area contributed by atoms with Crippen molar-refractivity contribution >= 4 is 17.8 Å². The summed E-state index contributed by atoms with van der Waals surface area (Å²) in [5.41, 5.74) is 0. The molecule has 2 aliphatic rings. The van der Waals surface area contributed by atoms with E-state index in [1.165, 1.54) is 0 Å². The summed E-state index contributed by atoms with van der Waals surface area (Å²) in [4.78, 5) is 33.7. The molecule has 2 fully saturated rings. The molecule has 7 nitrogen and oxygen atoms in total. The number of nitrogens with zero attached hydrogens (tertiary/aromatic N) is 4. The van der Waals surface area contributed by atoms with Crippen molar-refractivity contribution in [3.8, 4) is 0 Å². The monoisotopic (exact) mass is 309 g/mol. The number of guanidine groups is 1. The number of carbonyl (C=O) groups excluding carboxylic acids is 2. The number of amides is 2. The number of fused-ring (bicyclic) bond motifs is 1. The first-order valence-corrected chi connectivity index (χ1v) is 7.94. The molecular weight excluding hydrogens is 282 g/mol. The van der Waals surface area contributed by atoms with Crippen LogP contribution in [0.4, 0.5) is 0 Å². The van der Waals surface area contributed by atoms with Gasteiger partial charge >= 0.3 is 0 Å². The molecule has 2 heterocycles. The molecule has 0 aliphatic carbocycles. The first kappa shape index (κ1) is 16.6. The standard InChI is InChI=1S/C15H27N5O2/c1-11(2)17-15(16-9-14(22)18(3)4)19-7-8-20-12(10-19)5-6-13(20)21/h11-12H,5-10H2,1-4H3,(H,16,17). The van der Waals surface area contributed by atoms with Crippen molar-refractivity contribution < 1.29 is 9.59 Å². The van der Waals surface area contributed by atoms with Crippen LogP contribution in [-0.2, 0) is 9.59 Å². The lowest BCUT2D eigenvalue weighted by Gasteiger charge is -2.39. The Morgan fingerprint density at radius 2 is 2.14 bits per heavy atom. The van der Waals surface area contributed by atoms with Gasteiger partial charge in [0.05, 0.1) is 0 Å². The zero-order valence-electron chi connectivity index (χ0n) is 14.0. The van der Waals surface area contributed by atoms with Crippen molar-refractivity contribution in [3.05, 3.63) is 0 Å². The molecule has 0 aromatic rings. The van der Waals surface area contributed by atoms with Gasteiger partial charge in [-0.15, -0.1) is 0 Å². The number of hydrogen-bond donors (Lipinski definition) is 1. The molecule has 2 rings (SSSR count). The maximum absolute atomic E-state index is 11.8. The van der Waals surface area contributed by atoms with E-state index in [4.69, 9.17) is 0 Å². The van der Waals surface area contributed by atoms with Crippen LogP contribution < -0.4 is 5.32 Å². The third kappa shape index (κ3) is 3.90. The average molecular weight is 309 g/mol. The SMILES string of the molecule is CC(C)NC(=NCC(=O)N(C)C)N1CCN2C(=O)CCC2C1. The second-order valence-electron chi connectivity index (χ2n) is 6.45. The fourth-order valence-electron chi connectivity index (χ4n) is 2.84. The van der Waals surface area contributed by atoms with E-state index in [0.717, 1.165) is 32.0 Å². The van der Waals surface area contributed by atoms with Crippen molar-refractivity contribution in [1.82, 2.24) is 20.0 Å². The smallest absolute Gasteiger partial charge is 0.243 e. The van der Waals surface area contributed by atoms with Crippen LogP contribution >= 0.6 is 0 Å². The highest BCUT2D eigenvalue weighted by Crippen LogP contribution is 2.22. The molecule has 0 aromatic heterocycles. The first-order valence-electron chi connectivity index (χ1n) is 7.94. The lowest BCUT2D eigenvalue weighted by atomic mass is 10.1. The Bertz CT molecular complexity index is 461. The summed E-state index contributed by atoms with van der Waals surface area (Å²) in [6.07, 6.45) is 1.57. The van der Waals surface area contributed by atoms with Crippen LogP contribution in [0.2, 0.25) is 0 Å². The van der Waals surface area contributed by atoms with Gasteiger partial charge in [-0.25, -0.2) is 4.99 Å². The molecule has 0 bridgehead atoms. The Balaban J connectivity index is 2.04. The van der Waals surface area contributed by atoms with Crippen LogP contribution in [0.1, 0.15) is 26.7 Å². The molecule has 0 radical (unpaired) electrons. The fourth-order valence-corrected chi connectivity index (χ4v) is 2.84. The van der Waals surface area contributed by atoms with Crippen molar-refractivity contribution in [3.63, 3.8) is 0 Å². The Morgan fingerprint density at radius 3 is 2.77 bits per heavy atom. The minimum absolute atomic E-state index is 0.0160. The Kier molecular flexibility index (Phi) is 5.26. The van der Waals surface area contributed by atoms with Gasteiger partial charge in [0.1, 0.15) is 6.54 Å². The number of nitrogens with one attached hydrogen (secondary N) is 1. The van der Waals surface area contributed by atoms with Crippen molar-refractivity contribution in [2.45, 2.75) is 38.8 Å². The summed E-state index contributed by atoms with van der Waals surface area (Å²) in [6, 6.07) is 0.529. The number of rotatable bonds is 3. The molecule has 22 heavy (non-hydrogen) atoms. The molecule has 0 spiro atoms. The zero-order chi connectivity index (χ0) is 16.3. The molecule has 7 heteroatoms. The molecule has 2 saturated heterocycles. The van der Waals surface area contributed by atoms with Gasteiger partial charge in [-0.05, 0) is 20.3 Å². The molecule has 2 aliphatic heterocycles. The lowest BCUT2D eigenvalue weighted by molar-refractivity contribution is -0.130. The van der Waals surface area contributed by atoms with E-state index in [1.54, 1.807) is 19.0 Å². The summed E-state index contributed by atoms with van der Waals surface area (Å²) in [5, 5.41) is 3.34. The molecule has 1 atom stereocenters. The van der Waals surface area contributed by atoms with Crippen LogP contribution in [0, 0.1) is 0 Å². The largest absolute Gasteiger partial charge is 0.354 e. The number of aliphatic imine (C=N–C) groups is 1. The molecule has 0 aromatic carbocycles. The second kappa shape index (κ2) is 6.98. The van der Waals surface area contributed by atoms with Crippen LogP contribution in [0.25, 0.3) is 0 Å². The number of carbonyl (C=O) groups is 2. The highest BCUT2D eigenvalue weighted by molar-refractivity contribution is 5.85. The predicted molar refractivity (Wildman–Crippen MR) is 85.6 cm³/mol. The fraction of sp³-hybridized carbons (Fsp3) is 0.800. The minimum atomic E-state index is -0.0160. The summed E-state index contributed by atoms with van der Waals surface area (Å²) >= 11 is 0. The van der Waals surface area contributed by atoms with Crippen LogP contribution in [0.5, 0.6) is 0 Å². The Morgan fingerprint density at radius 1 is 1.41 bits per heavy atom. The third-order valence-electron chi connectivity index (χ3n) is 4.07. The van der Waals surface area contributed by atoms with E-state index in [1.807, 2.05) is 4.90 Å². The molecule has 124 valence electrons. The number of likely N-dealkylation sites (N-methyl/N-ethyl adjacent to an activating group) is 1. The molecule has 0 saturated carbocycles. The van der Waals surface area contributed by atoms with Gasteiger partial charge in [0, 0.05) is 52.2 Å². The molecule has 1 N–H and O–H groups in total. The molecular formula is C15H27N5O2. The van der Waals surface area contributed by atoms with E-state index in [2.05, 4.69) is 29.1 Å². The topological polar surface area (TPSA) is 68.2 Å². The minimum Gasteiger partial charge on any atom is -0.354 e. The Labute approximate surface area is 132 Å². The average Bonchev–Trinajstić information content (AvgIpc) is 2.83. The highest BCUT2D eigenvalue weighted by Gasteiger charge is 2.36. The lowest BCUT2D eigenvalue weighted by Crippen LogP contribution is -2.56. The summed E-state index contributed by atoms with van der Waals surface area (Å²) in [7, 11) is 3.46. The third-order valence-corrected chi connectivity index (χ3v) is 4.07. The predicted octanol–water partition coefficient (Wildman–Crippen LogP) is -0.265. The van der Waals surface area contributed by atoms with E-state index in [-0.39, 0.29) is 30.4 Å². The zero-order valence-corrected chi connectivity index (χ0v) is 14.0. The summed E-state index contributed by atoms with van der Waals surface area (Å²) in [6.45, 7) is 6.55. The van der Waals surface area contributed by atoms with Gasteiger partial charge in [0.2, 0.25) is 11.8 Å². The van der Waals surface area contributed by atoms with Crippen LogP contribution in [0.3, 0.4) is 0 Å². The van der Waals surface area contributed by atoms with Crippen LogP contribution in [0.15, 0.2) is 4.99 Å². The van der Waals surface area contributed by atoms with Crippen LogP contribution in [-0.4, -0.2) is 84.8 Å². The van der Waals surface area contributed by atoms with E-state index >= 15 is 0 Å². The Hall–Kier alpha value is -1.79. The van der Waals surface area contributed by atoms with Gasteiger partial charge < -0.3 is 20.0 Å². The van der Waals surface area contributed by atoms with E-state index in [0.29, 0.717) is 6.42 Å². The molecule has 1 unspecified atom stereocenters. The van der Waals surface area contributed by atoms with Gasteiger partial charge in [0.15, 0.2) is 5.96 Å². The van der Waals surface area contributed by atoms with E-state index in [9.17, 15) is 9.59 Å². The second-order valence-corrected chi connectivity index (χ2v) is 6.45. The van der Waals surface area contributed by atoms with Gasteiger partial charge in [0.25, 0.3) is 0 Å². The summed E-state index contributed by atoms with van der Waals surface area (Å²) < 4.78 is 0. The van der Waals surface area contributed by atoms with Gasteiger partial charge in [-0.3, -0.25) is 9.59 Å². The van der Waals surface area contributed by atoms with Crippen molar-refractivity contribution in [1.29, 1.82) is 0 Å². The summed E-state index contributed by atoms with van der Waals surface area (Å²) in [5.74, 6) is 1.02. The van der Waals surface area contributed by atoms with Crippen molar-refractivity contribution in [2.75, 3.05) is 40.3 Å². The van der Waals surface area contributed by atoms with Crippen molar-refractivity contribution in [2.24, 2.45) is 4.99 Å². The normalized spacial score (nSPS) is 22.1. The maximum Gasteiger partial charge on any atom is 0.243 e. The molecule has 2 amide bonds. The van der Waals surface area contributed by atoms with Gasteiger partial charge in [-0.1, -0.05) is 0 Å². The maximum atomic E-state index is 11.8. The number of hydrogen-bond acceptors (Lipinski definition) is 3.